The largest absolute Gasteiger partial charge is 0.366 e. The molecule has 3 aromatic rings. The monoisotopic (exact) mass is 442 g/mol. The van der Waals surface area contributed by atoms with Gasteiger partial charge in [-0.05, 0) is 42.2 Å². The van der Waals surface area contributed by atoms with E-state index in [9.17, 15) is 9.18 Å². The number of carbonyl (C=O) groups is 1. The zero-order chi connectivity index (χ0) is 22.2. The Morgan fingerprint density at radius 1 is 1.23 bits per heavy atom. The summed E-state index contributed by atoms with van der Waals surface area (Å²) < 4.78 is 15.5. The van der Waals surface area contributed by atoms with Crippen LogP contribution in [0.25, 0.3) is 0 Å². The zero-order valence-electron chi connectivity index (χ0n) is 17.9. The van der Waals surface area contributed by atoms with Crippen molar-refractivity contribution >= 4 is 23.2 Å². The van der Waals surface area contributed by atoms with Crippen molar-refractivity contribution in [2.45, 2.75) is 26.3 Å². The number of hydrogen-bond acceptors (Lipinski definition) is 3. The molecular formula is C24H28ClFN4O. The quantitative estimate of drug-likeness (QED) is 0.499. The summed E-state index contributed by atoms with van der Waals surface area (Å²) in [6.45, 7) is 3.67. The number of hydrogen-bond donors (Lipinski definition) is 1. The molecule has 164 valence electrons. The van der Waals surface area contributed by atoms with E-state index < -0.39 is 5.82 Å². The fourth-order valence-electron chi connectivity index (χ4n) is 3.49. The molecule has 2 aromatic carbocycles. The van der Waals surface area contributed by atoms with Crippen LogP contribution in [0.1, 0.15) is 24.5 Å². The highest BCUT2D eigenvalue weighted by molar-refractivity contribution is 6.31. The molecule has 1 aromatic heterocycles. The number of amides is 1. The Morgan fingerprint density at radius 2 is 2.00 bits per heavy atom. The zero-order valence-corrected chi connectivity index (χ0v) is 18.6. The van der Waals surface area contributed by atoms with Gasteiger partial charge in [0, 0.05) is 38.6 Å². The van der Waals surface area contributed by atoms with Gasteiger partial charge in [-0.3, -0.25) is 9.48 Å². The molecule has 31 heavy (non-hydrogen) atoms. The first kappa shape index (κ1) is 22.8. The van der Waals surface area contributed by atoms with Gasteiger partial charge >= 0.3 is 0 Å². The van der Waals surface area contributed by atoms with Gasteiger partial charge < -0.3 is 10.2 Å². The van der Waals surface area contributed by atoms with E-state index in [0.29, 0.717) is 26.1 Å². The van der Waals surface area contributed by atoms with E-state index in [-0.39, 0.29) is 16.8 Å². The predicted octanol–water partition coefficient (Wildman–Crippen LogP) is 4.60. The average Bonchev–Trinajstić information content (AvgIpc) is 3.18. The molecule has 0 saturated heterocycles. The smallest absolute Gasteiger partial charge is 0.224 e. The SMILES string of the molecule is CCC(CN(Cc1ccccc1)c1ccc(F)c(Cl)c1)C(=O)NCCc1cnn(C)c1. The summed E-state index contributed by atoms with van der Waals surface area (Å²) in [6.07, 6.45) is 5.18. The molecule has 0 aliphatic rings. The van der Waals surface area contributed by atoms with Crippen molar-refractivity contribution in [3.8, 4) is 0 Å². The van der Waals surface area contributed by atoms with Crippen LogP contribution in [-0.2, 0) is 24.8 Å². The molecule has 5 nitrogen and oxygen atoms in total. The minimum Gasteiger partial charge on any atom is -0.366 e. The van der Waals surface area contributed by atoms with Crippen molar-refractivity contribution in [2.24, 2.45) is 13.0 Å². The van der Waals surface area contributed by atoms with Crippen molar-refractivity contribution in [1.29, 1.82) is 0 Å². The first-order chi connectivity index (χ1) is 15.0. The van der Waals surface area contributed by atoms with Crippen molar-refractivity contribution in [3.05, 3.63) is 82.9 Å². The third-order valence-electron chi connectivity index (χ3n) is 5.26. The van der Waals surface area contributed by atoms with Crippen LogP contribution in [0.3, 0.4) is 0 Å². The molecule has 0 radical (unpaired) electrons. The number of anilines is 1. The first-order valence-electron chi connectivity index (χ1n) is 10.5. The fourth-order valence-corrected chi connectivity index (χ4v) is 3.66. The van der Waals surface area contributed by atoms with Crippen LogP contribution in [0, 0.1) is 11.7 Å². The number of benzene rings is 2. The van der Waals surface area contributed by atoms with Gasteiger partial charge in [0.05, 0.1) is 17.1 Å². The van der Waals surface area contributed by atoms with E-state index >= 15 is 0 Å². The van der Waals surface area contributed by atoms with Crippen LogP contribution in [-0.4, -0.2) is 28.8 Å². The third-order valence-corrected chi connectivity index (χ3v) is 5.55. The number of rotatable bonds is 10. The maximum Gasteiger partial charge on any atom is 0.224 e. The summed E-state index contributed by atoms with van der Waals surface area (Å²) in [7, 11) is 1.87. The minimum atomic E-state index is -0.453. The molecule has 0 saturated carbocycles. The number of aryl methyl sites for hydroxylation is 1. The molecule has 1 atom stereocenters. The lowest BCUT2D eigenvalue weighted by Gasteiger charge is -2.29. The van der Waals surface area contributed by atoms with Crippen molar-refractivity contribution in [2.75, 3.05) is 18.0 Å². The Bertz CT molecular complexity index is 992. The van der Waals surface area contributed by atoms with E-state index in [1.54, 1.807) is 16.8 Å². The summed E-state index contributed by atoms with van der Waals surface area (Å²) in [4.78, 5) is 14.9. The topological polar surface area (TPSA) is 50.2 Å². The summed E-state index contributed by atoms with van der Waals surface area (Å²) in [5.74, 6) is -0.649. The molecule has 3 rings (SSSR count). The van der Waals surface area contributed by atoms with Crippen LogP contribution < -0.4 is 10.2 Å². The maximum absolute atomic E-state index is 13.7. The summed E-state index contributed by atoms with van der Waals surface area (Å²) in [6, 6.07) is 14.7. The van der Waals surface area contributed by atoms with E-state index in [2.05, 4.69) is 15.3 Å². The molecule has 1 N–H and O–H groups in total. The average molecular weight is 443 g/mol. The Morgan fingerprint density at radius 3 is 2.65 bits per heavy atom. The number of halogens is 2. The molecule has 1 heterocycles. The first-order valence-corrected chi connectivity index (χ1v) is 10.8. The van der Waals surface area contributed by atoms with Gasteiger partial charge in [0.25, 0.3) is 0 Å². The highest BCUT2D eigenvalue weighted by Crippen LogP contribution is 2.25. The normalized spacial score (nSPS) is 11.9. The Hall–Kier alpha value is -2.86. The molecule has 1 unspecified atom stereocenters. The van der Waals surface area contributed by atoms with Crippen molar-refractivity contribution in [1.82, 2.24) is 15.1 Å². The van der Waals surface area contributed by atoms with Crippen molar-refractivity contribution < 1.29 is 9.18 Å². The van der Waals surface area contributed by atoms with Crippen LogP contribution in [0.5, 0.6) is 0 Å². The standard InChI is InChI=1S/C24H28ClFN4O/c1-3-20(24(31)27-12-11-19-14-28-29(2)15-19)17-30(16-18-7-5-4-6-8-18)21-9-10-23(26)22(25)13-21/h4-10,13-15,20H,3,11-12,16-17H2,1-2H3,(H,27,31). The molecule has 0 spiro atoms. The number of nitrogens with zero attached hydrogens (tertiary/aromatic N) is 3. The van der Waals surface area contributed by atoms with Gasteiger partial charge in [-0.2, -0.15) is 5.10 Å². The van der Waals surface area contributed by atoms with E-state index in [1.807, 2.05) is 56.7 Å². The van der Waals surface area contributed by atoms with Crippen LogP contribution >= 0.6 is 11.6 Å². The second-order valence-corrected chi connectivity index (χ2v) is 8.04. The van der Waals surface area contributed by atoms with Gasteiger partial charge in [0.1, 0.15) is 5.82 Å². The number of aromatic nitrogens is 2. The summed E-state index contributed by atoms with van der Waals surface area (Å²) in [5.41, 5.74) is 2.98. The lowest BCUT2D eigenvalue weighted by atomic mass is 10.0. The van der Waals surface area contributed by atoms with E-state index in [0.717, 1.165) is 23.2 Å². The van der Waals surface area contributed by atoms with Gasteiger partial charge in [-0.1, -0.05) is 48.9 Å². The minimum absolute atomic E-state index is 0.0117. The third kappa shape index (κ3) is 6.56. The van der Waals surface area contributed by atoms with Gasteiger partial charge in [-0.15, -0.1) is 0 Å². The fraction of sp³-hybridized carbons (Fsp3) is 0.333. The van der Waals surface area contributed by atoms with Crippen LogP contribution in [0.2, 0.25) is 5.02 Å². The van der Waals surface area contributed by atoms with Crippen LogP contribution in [0.15, 0.2) is 60.9 Å². The molecule has 0 fully saturated rings. The second-order valence-electron chi connectivity index (χ2n) is 7.63. The Kier molecular flexibility index (Phi) is 8.06. The van der Waals surface area contributed by atoms with Gasteiger partial charge in [-0.25, -0.2) is 4.39 Å². The molecule has 7 heteroatoms. The number of nitrogens with one attached hydrogen (secondary N) is 1. The van der Waals surface area contributed by atoms with Gasteiger partial charge in [0.15, 0.2) is 0 Å². The molecule has 0 aliphatic heterocycles. The highest BCUT2D eigenvalue weighted by atomic mass is 35.5. The highest BCUT2D eigenvalue weighted by Gasteiger charge is 2.21. The van der Waals surface area contributed by atoms with Crippen LogP contribution in [0.4, 0.5) is 10.1 Å². The summed E-state index contributed by atoms with van der Waals surface area (Å²) >= 11 is 6.03. The summed E-state index contributed by atoms with van der Waals surface area (Å²) in [5, 5.41) is 7.27. The number of carbonyl (C=O) groups excluding carboxylic acids is 1. The van der Waals surface area contributed by atoms with Crippen molar-refractivity contribution in [3.63, 3.8) is 0 Å². The second kappa shape index (κ2) is 11.0. The van der Waals surface area contributed by atoms with E-state index in [4.69, 9.17) is 11.6 Å². The van der Waals surface area contributed by atoms with Gasteiger partial charge in [0.2, 0.25) is 5.91 Å². The van der Waals surface area contributed by atoms with E-state index in [1.165, 1.54) is 6.07 Å². The molecule has 1 amide bonds. The molecule has 0 bridgehead atoms. The molecule has 0 aliphatic carbocycles. The Balaban J connectivity index is 1.69. The lowest BCUT2D eigenvalue weighted by Crippen LogP contribution is -2.39. The maximum atomic E-state index is 13.7. The Labute approximate surface area is 187 Å². The lowest BCUT2D eigenvalue weighted by molar-refractivity contribution is -0.124. The molecular weight excluding hydrogens is 415 g/mol. The predicted molar refractivity (Wildman–Crippen MR) is 123 cm³/mol.